The monoisotopic (exact) mass is 391 g/mol. The van der Waals surface area contributed by atoms with Gasteiger partial charge in [0.2, 0.25) is 0 Å². The first-order valence-electron chi connectivity index (χ1n) is 7.41. The maximum atomic E-state index is 13.5. The fourth-order valence-corrected chi connectivity index (χ4v) is 3.50. The number of carbonyl (C=O) groups is 1. The Morgan fingerprint density at radius 3 is 2.42 bits per heavy atom. The molecule has 1 aromatic heterocycles. The lowest BCUT2D eigenvalue weighted by molar-refractivity contribution is 0.262. The molecule has 0 bridgehead atoms. The number of urea groups is 1. The molecule has 3 rings (SSSR count). The first-order chi connectivity index (χ1) is 12.3. The van der Waals surface area contributed by atoms with Crippen LogP contribution in [0.5, 0.6) is 0 Å². The fraction of sp³-hybridized carbons (Fsp3) is 0.0588. The van der Waals surface area contributed by atoms with Crippen LogP contribution in [0.1, 0.15) is 0 Å². The predicted octanol–water partition coefficient (Wildman–Crippen LogP) is 4.00. The first kappa shape index (κ1) is 18.0. The zero-order valence-electron chi connectivity index (χ0n) is 13.6. The van der Waals surface area contributed by atoms with Crippen LogP contribution in [0, 0.1) is 5.82 Å². The molecule has 0 aliphatic rings. The Labute approximate surface area is 153 Å². The molecule has 0 fully saturated rings. The van der Waals surface area contributed by atoms with Crippen molar-refractivity contribution in [3.05, 3.63) is 59.7 Å². The topological polar surface area (TPSA) is 88.2 Å². The zero-order chi connectivity index (χ0) is 18.7. The molecule has 134 valence electrons. The number of thiazole rings is 1. The van der Waals surface area contributed by atoms with Gasteiger partial charge in [0.25, 0.3) is 0 Å². The van der Waals surface area contributed by atoms with Crippen molar-refractivity contribution >= 4 is 38.0 Å². The molecule has 0 aliphatic carbocycles. The molecule has 0 radical (unpaired) electrons. The summed E-state index contributed by atoms with van der Waals surface area (Å²) in [6.45, 7) is 0. The minimum absolute atomic E-state index is 0.0677. The van der Waals surface area contributed by atoms with Crippen LogP contribution in [0.25, 0.3) is 11.3 Å². The van der Waals surface area contributed by atoms with Gasteiger partial charge in [0.1, 0.15) is 5.82 Å². The average molecular weight is 391 g/mol. The van der Waals surface area contributed by atoms with Crippen LogP contribution in [0.2, 0.25) is 0 Å². The van der Waals surface area contributed by atoms with Crippen LogP contribution in [0.4, 0.5) is 20.0 Å². The quantitative estimate of drug-likeness (QED) is 0.704. The molecule has 0 atom stereocenters. The second-order valence-corrected chi connectivity index (χ2v) is 8.27. The van der Waals surface area contributed by atoms with E-state index in [4.69, 9.17) is 0 Å². The van der Waals surface area contributed by atoms with E-state index in [9.17, 15) is 17.6 Å². The minimum atomic E-state index is -3.26. The number of halogens is 1. The van der Waals surface area contributed by atoms with E-state index < -0.39 is 21.7 Å². The molecular formula is C17H14FN3O3S2. The van der Waals surface area contributed by atoms with E-state index in [1.54, 1.807) is 23.6 Å². The Morgan fingerprint density at radius 2 is 1.77 bits per heavy atom. The van der Waals surface area contributed by atoms with Gasteiger partial charge >= 0.3 is 6.03 Å². The summed E-state index contributed by atoms with van der Waals surface area (Å²) < 4.78 is 36.5. The van der Waals surface area contributed by atoms with Gasteiger partial charge in [-0.15, -0.1) is 11.3 Å². The van der Waals surface area contributed by atoms with Crippen LogP contribution in [-0.4, -0.2) is 25.7 Å². The molecule has 0 saturated carbocycles. The van der Waals surface area contributed by atoms with Gasteiger partial charge in [-0.25, -0.2) is 22.6 Å². The molecule has 2 N–H and O–H groups in total. The third-order valence-corrected chi connectivity index (χ3v) is 5.31. The lowest BCUT2D eigenvalue weighted by Gasteiger charge is -2.06. The number of aromatic nitrogens is 1. The van der Waals surface area contributed by atoms with Crippen LogP contribution in [0.3, 0.4) is 0 Å². The maximum Gasteiger partial charge on any atom is 0.325 e. The Kier molecular flexibility index (Phi) is 5.01. The van der Waals surface area contributed by atoms with E-state index >= 15 is 0 Å². The van der Waals surface area contributed by atoms with Gasteiger partial charge in [-0.2, -0.15) is 0 Å². The average Bonchev–Trinajstić information content (AvgIpc) is 3.05. The standard InChI is InChI=1S/C17H14FN3O3S2/c1-26(23,24)12-8-6-11(7-9-12)15-10-25-17(20-15)21-16(22)19-14-5-3-2-4-13(14)18/h2-10H,1H3,(H2,19,20,21,22). The fourth-order valence-electron chi connectivity index (χ4n) is 2.15. The summed E-state index contributed by atoms with van der Waals surface area (Å²) in [7, 11) is -3.26. The lowest BCUT2D eigenvalue weighted by Crippen LogP contribution is -2.19. The predicted molar refractivity (Wildman–Crippen MR) is 99.7 cm³/mol. The Balaban J connectivity index is 1.70. The van der Waals surface area contributed by atoms with Crippen molar-refractivity contribution in [2.75, 3.05) is 16.9 Å². The van der Waals surface area contributed by atoms with E-state index in [1.165, 1.54) is 41.7 Å². The van der Waals surface area contributed by atoms with E-state index in [0.717, 1.165) is 11.8 Å². The van der Waals surface area contributed by atoms with Crippen LogP contribution in [-0.2, 0) is 9.84 Å². The summed E-state index contributed by atoms with van der Waals surface area (Å²) in [5, 5.41) is 7.01. The number of carbonyl (C=O) groups excluding carboxylic acids is 1. The number of hydrogen-bond acceptors (Lipinski definition) is 5. The summed E-state index contributed by atoms with van der Waals surface area (Å²) in [4.78, 5) is 16.4. The van der Waals surface area contributed by atoms with Crippen molar-refractivity contribution < 1.29 is 17.6 Å². The van der Waals surface area contributed by atoms with Crippen molar-refractivity contribution in [1.29, 1.82) is 0 Å². The van der Waals surface area contributed by atoms with Gasteiger partial charge in [0, 0.05) is 17.2 Å². The first-order valence-corrected chi connectivity index (χ1v) is 10.2. The van der Waals surface area contributed by atoms with Gasteiger partial charge in [-0.05, 0) is 24.3 Å². The summed E-state index contributed by atoms with van der Waals surface area (Å²) in [6.07, 6.45) is 1.14. The second-order valence-electron chi connectivity index (χ2n) is 5.39. The Morgan fingerprint density at radius 1 is 1.08 bits per heavy atom. The molecule has 26 heavy (non-hydrogen) atoms. The summed E-state index contributed by atoms with van der Waals surface area (Å²) in [5.41, 5.74) is 1.38. The van der Waals surface area contributed by atoms with Crippen molar-refractivity contribution in [1.82, 2.24) is 4.98 Å². The molecule has 3 aromatic rings. The van der Waals surface area contributed by atoms with Crippen molar-refractivity contribution in [3.63, 3.8) is 0 Å². The zero-order valence-corrected chi connectivity index (χ0v) is 15.2. The maximum absolute atomic E-state index is 13.5. The molecule has 0 aliphatic heterocycles. The smallest absolute Gasteiger partial charge is 0.305 e. The number of nitrogens with one attached hydrogen (secondary N) is 2. The van der Waals surface area contributed by atoms with Gasteiger partial charge in [0.05, 0.1) is 16.3 Å². The Hall–Kier alpha value is -2.78. The number of sulfone groups is 1. The number of para-hydroxylation sites is 1. The van der Waals surface area contributed by atoms with Crippen LogP contribution >= 0.6 is 11.3 Å². The van der Waals surface area contributed by atoms with E-state index in [0.29, 0.717) is 10.8 Å². The van der Waals surface area contributed by atoms with Crippen LogP contribution in [0.15, 0.2) is 58.8 Å². The molecule has 9 heteroatoms. The van der Waals surface area contributed by atoms with Gasteiger partial charge in [-0.1, -0.05) is 24.3 Å². The third kappa shape index (κ3) is 4.24. The SMILES string of the molecule is CS(=O)(=O)c1ccc(-c2csc(NC(=O)Nc3ccccc3F)n2)cc1. The van der Waals surface area contributed by atoms with E-state index in [-0.39, 0.29) is 10.6 Å². The Bertz CT molecular complexity index is 1050. The van der Waals surface area contributed by atoms with Crippen molar-refractivity contribution in [2.24, 2.45) is 0 Å². The summed E-state index contributed by atoms with van der Waals surface area (Å²) in [5.74, 6) is -0.534. The molecule has 6 nitrogen and oxygen atoms in total. The highest BCUT2D eigenvalue weighted by atomic mass is 32.2. The normalized spacial score (nSPS) is 11.2. The highest BCUT2D eigenvalue weighted by Gasteiger charge is 2.11. The van der Waals surface area contributed by atoms with Gasteiger partial charge < -0.3 is 5.32 Å². The summed E-state index contributed by atoms with van der Waals surface area (Å²) in [6, 6.07) is 11.5. The molecule has 1 heterocycles. The minimum Gasteiger partial charge on any atom is -0.305 e. The van der Waals surface area contributed by atoms with Crippen molar-refractivity contribution in [2.45, 2.75) is 4.90 Å². The van der Waals surface area contributed by atoms with Crippen LogP contribution < -0.4 is 10.6 Å². The third-order valence-electron chi connectivity index (χ3n) is 3.42. The molecule has 0 spiro atoms. The number of nitrogens with zero attached hydrogens (tertiary/aromatic N) is 1. The number of rotatable bonds is 4. The number of benzene rings is 2. The molecule has 0 saturated heterocycles. The van der Waals surface area contributed by atoms with Gasteiger partial charge in [-0.3, -0.25) is 5.32 Å². The molecule has 2 aromatic carbocycles. The lowest BCUT2D eigenvalue weighted by atomic mass is 10.2. The van der Waals surface area contributed by atoms with Gasteiger partial charge in [0.15, 0.2) is 15.0 Å². The summed E-state index contributed by atoms with van der Waals surface area (Å²) >= 11 is 1.20. The number of anilines is 2. The highest BCUT2D eigenvalue weighted by molar-refractivity contribution is 7.90. The number of amides is 2. The number of hydrogen-bond donors (Lipinski definition) is 2. The highest BCUT2D eigenvalue weighted by Crippen LogP contribution is 2.26. The molecule has 2 amide bonds. The second kappa shape index (κ2) is 7.22. The van der Waals surface area contributed by atoms with Crippen molar-refractivity contribution in [3.8, 4) is 11.3 Å². The van der Waals surface area contributed by atoms with E-state index in [2.05, 4.69) is 15.6 Å². The largest absolute Gasteiger partial charge is 0.325 e. The van der Waals surface area contributed by atoms with E-state index in [1.807, 2.05) is 0 Å². The molecular weight excluding hydrogens is 377 g/mol. The molecule has 0 unspecified atom stereocenters.